The lowest BCUT2D eigenvalue weighted by atomic mass is 10.1. The summed E-state index contributed by atoms with van der Waals surface area (Å²) in [6.07, 6.45) is 16.8. The Morgan fingerprint density at radius 1 is 0.632 bits per heavy atom. The second-order valence-electron chi connectivity index (χ2n) is 10.3. The highest BCUT2D eigenvalue weighted by molar-refractivity contribution is 5.92. The summed E-state index contributed by atoms with van der Waals surface area (Å²) in [6.45, 7) is 7.44. The molecular formula is C33H48O5. The molecule has 5 nitrogen and oxygen atoms in total. The fourth-order valence-corrected chi connectivity index (χ4v) is 4.06. The number of rotatable bonds is 20. The van der Waals surface area contributed by atoms with Crippen LogP contribution in [-0.2, 0) is 4.74 Å². The molecule has 5 heteroatoms. The average Bonchev–Trinajstić information content (AvgIpc) is 2.94. The smallest absolute Gasteiger partial charge is 0.343 e. The molecule has 1 atom stereocenters. The Hall–Kier alpha value is -2.82. The number of carbonyl (C=O) groups excluding carboxylic acids is 2. The molecule has 210 valence electrons. The SMILES string of the molecule is CCCCCCCCCCCCCCOc1ccc(C(=O)Oc2ccc(C(=O)OCC(C)CC)cc2)cc1. The van der Waals surface area contributed by atoms with Crippen LogP contribution in [0.15, 0.2) is 48.5 Å². The van der Waals surface area contributed by atoms with Crippen molar-refractivity contribution >= 4 is 11.9 Å². The van der Waals surface area contributed by atoms with Crippen LogP contribution in [0, 0.1) is 5.92 Å². The molecule has 1 unspecified atom stereocenters. The quantitative estimate of drug-likeness (QED) is 0.0981. The standard InChI is InChI=1S/C33H48O5/c1-4-6-7-8-9-10-11-12-13-14-15-16-25-36-30-21-17-29(18-22-30)33(35)38-31-23-19-28(20-24-31)32(34)37-26-27(3)5-2/h17-24,27H,4-16,25-26H2,1-3H3. The number of hydrogen-bond acceptors (Lipinski definition) is 5. The van der Waals surface area contributed by atoms with E-state index < -0.39 is 5.97 Å². The zero-order valence-corrected chi connectivity index (χ0v) is 23.8. The van der Waals surface area contributed by atoms with E-state index in [0.29, 0.717) is 36.0 Å². The highest BCUT2D eigenvalue weighted by Crippen LogP contribution is 2.18. The van der Waals surface area contributed by atoms with Crippen LogP contribution in [0.3, 0.4) is 0 Å². The molecule has 0 N–H and O–H groups in total. The van der Waals surface area contributed by atoms with Gasteiger partial charge in [-0.15, -0.1) is 0 Å². The Kier molecular flexibility index (Phi) is 15.9. The molecule has 2 aromatic rings. The van der Waals surface area contributed by atoms with Gasteiger partial charge in [0.05, 0.1) is 24.3 Å². The topological polar surface area (TPSA) is 61.8 Å². The summed E-state index contributed by atoms with van der Waals surface area (Å²) in [4.78, 5) is 24.6. The highest BCUT2D eigenvalue weighted by atomic mass is 16.5. The molecule has 38 heavy (non-hydrogen) atoms. The fourth-order valence-electron chi connectivity index (χ4n) is 4.06. The van der Waals surface area contributed by atoms with Crippen LogP contribution in [0.5, 0.6) is 11.5 Å². The minimum Gasteiger partial charge on any atom is -0.494 e. The van der Waals surface area contributed by atoms with Gasteiger partial charge in [0.25, 0.3) is 0 Å². The van der Waals surface area contributed by atoms with Crippen LogP contribution in [0.1, 0.15) is 125 Å². The molecule has 2 rings (SSSR count). The monoisotopic (exact) mass is 524 g/mol. The molecule has 0 radical (unpaired) electrons. The predicted octanol–water partition coefficient (Wildman–Crippen LogP) is 9.19. The summed E-state index contributed by atoms with van der Waals surface area (Å²) in [5.41, 5.74) is 0.877. The molecular weight excluding hydrogens is 476 g/mol. The van der Waals surface area contributed by atoms with E-state index in [1.54, 1.807) is 48.5 Å². The number of hydrogen-bond donors (Lipinski definition) is 0. The Bertz CT molecular complexity index is 904. The van der Waals surface area contributed by atoms with Crippen molar-refractivity contribution in [2.75, 3.05) is 13.2 Å². The van der Waals surface area contributed by atoms with E-state index in [1.807, 2.05) is 6.92 Å². The molecule has 0 spiro atoms. The maximum absolute atomic E-state index is 12.5. The summed E-state index contributed by atoms with van der Waals surface area (Å²) in [5, 5.41) is 0. The third-order valence-electron chi connectivity index (χ3n) is 6.85. The first-order chi connectivity index (χ1) is 18.5. The Morgan fingerprint density at radius 2 is 1.11 bits per heavy atom. The van der Waals surface area contributed by atoms with E-state index in [2.05, 4.69) is 13.8 Å². The van der Waals surface area contributed by atoms with Gasteiger partial charge in [-0.1, -0.05) is 97.8 Å². The van der Waals surface area contributed by atoms with Gasteiger partial charge >= 0.3 is 11.9 Å². The van der Waals surface area contributed by atoms with Gasteiger partial charge in [-0.3, -0.25) is 0 Å². The first-order valence-corrected chi connectivity index (χ1v) is 14.8. The average molecular weight is 525 g/mol. The van der Waals surface area contributed by atoms with Gasteiger partial charge in [-0.05, 0) is 60.9 Å². The maximum Gasteiger partial charge on any atom is 0.343 e. The largest absolute Gasteiger partial charge is 0.494 e. The predicted molar refractivity (Wildman–Crippen MR) is 154 cm³/mol. The molecule has 0 bridgehead atoms. The number of ether oxygens (including phenoxy) is 3. The van der Waals surface area contributed by atoms with E-state index in [4.69, 9.17) is 14.2 Å². The molecule has 0 saturated heterocycles. The van der Waals surface area contributed by atoms with Gasteiger partial charge in [0.15, 0.2) is 0 Å². The van der Waals surface area contributed by atoms with Gasteiger partial charge in [0.2, 0.25) is 0 Å². The van der Waals surface area contributed by atoms with E-state index in [9.17, 15) is 9.59 Å². The molecule has 2 aromatic carbocycles. The van der Waals surface area contributed by atoms with E-state index in [-0.39, 0.29) is 5.97 Å². The molecule has 0 saturated carbocycles. The highest BCUT2D eigenvalue weighted by Gasteiger charge is 2.12. The molecule has 0 aliphatic rings. The van der Waals surface area contributed by atoms with Crippen molar-refractivity contribution in [2.24, 2.45) is 5.92 Å². The third-order valence-corrected chi connectivity index (χ3v) is 6.85. The first kappa shape index (κ1) is 31.4. The minimum absolute atomic E-state index is 0.324. The number of unbranched alkanes of at least 4 members (excludes halogenated alkanes) is 11. The lowest BCUT2D eigenvalue weighted by molar-refractivity contribution is 0.0447. The van der Waals surface area contributed by atoms with Gasteiger partial charge in [0.1, 0.15) is 11.5 Å². The Balaban J connectivity index is 1.59. The summed E-state index contributed by atoms with van der Waals surface area (Å²) >= 11 is 0. The number of esters is 2. The van der Waals surface area contributed by atoms with Gasteiger partial charge < -0.3 is 14.2 Å². The zero-order chi connectivity index (χ0) is 27.4. The number of benzene rings is 2. The normalized spacial score (nSPS) is 11.7. The second kappa shape index (κ2) is 19.3. The van der Waals surface area contributed by atoms with Crippen molar-refractivity contribution < 1.29 is 23.8 Å². The lowest BCUT2D eigenvalue weighted by Gasteiger charge is -2.10. The molecule has 0 aliphatic heterocycles. The maximum atomic E-state index is 12.5. The van der Waals surface area contributed by atoms with Crippen molar-refractivity contribution in [3.8, 4) is 11.5 Å². The van der Waals surface area contributed by atoms with Crippen molar-refractivity contribution in [2.45, 2.75) is 104 Å². The summed E-state index contributed by atoms with van der Waals surface area (Å²) < 4.78 is 16.6. The molecule has 0 aromatic heterocycles. The van der Waals surface area contributed by atoms with Gasteiger partial charge in [-0.25, -0.2) is 9.59 Å². The molecule has 0 amide bonds. The second-order valence-corrected chi connectivity index (χ2v) is 10.3. The van der Waals surface area contributed by atoms with Crippen molar-refractivity contribution in [3.63, 3.8) is 0 Å². The summed E-state index contributed by atoms with van der Waals surface area (Å²) in [6, 6.07) is 13.4. The van der Waals surface area contributed by atoms with E-state index in [0.717, 1.165) is 18.6 Å². The van der Waals surface area contributed by atoms with Crippen LogP contribution in [-0.4, -0.2) is 25.2 Å². The number of carbonyl (C=O) groups is 2. The van der Waals surface area contributed by atoms with Crippen molar-refractivity contribution in [1.29, 1.82) is 0 Å². The fraction of sp³-hybridized carbons (Fsp3) is 0.576. The lowest BCUT2D eigenvalue weighted by Crippen LogP contribution is -2.12. The van der Waals surface area contributed by atoms with Crippen LogP contribution < -0.4 is 9.47 Å². The molecule has 0 aliphatic carbocycles. The first-order valence-electron chi connectivity index (χ1n) is 14.8. The van der Waals surface area contributed by atoms with Crippen molar-refractivity contribution in [1.82, 2.24) is 0 Å². The zero-order valence-electron chi connectivity index (χ0n) is 23.8. The van der Waals surface area contributed by atoms with Gasteiger partial charge in [0, 0.05) is 0 Å². The van der Waals surface area contributed by atoms with E-state index >= 15 is 0 Å². The van der Waals surface area contributed by atoms with Gasteiger partial charge in [-0.2, -0.15) is 0 Å². The van der Waals surface area contributed by atoms with Crippen LogP contribution in [0.25, 0.3) is 0 Å². The Labute approximate surface area is 230 Å². The Morgan fingerprint density at radius 3 is 1.63 bits per heavy atom. The minimum atomic E-state index is -0.454. The van der Waals surface area contributed by atoms with Crippen molar-refractivity contribution in [3.05, 3.63) is 59.7 Å². The molecule has 0 fully saturated rings. The molecule has 0 heterocycles. The van der Waals surface area contributed by atoms with Crippen LogP contribution >= 0.6 is 0 Å². The van der Waals surface area contributed by atoms with E-state index in [1.165, 1.54) is 70.6 Å². The summed E-state index contributed by atoms with van der Waals surface area (Å²) in [7, 11) is 0. The summed E-state index contributed by atoms with van der Waals surface area (Å²) in [5.74, 6) is 0.628. The third kappa shape index (κ3) is 13.1. The van der Waals surface area contributed by atoms with Crippen LogP contribution in [0.4, 0.5) is 0 Å². The van der Waals surface area contributed by atoms with Crippen LogP contribution in [0.2, 0.25) is 0 Å².